The molecule has 0 aliphatic carbocycles. The van der Waals surface area contributed by atoms with Crippen molar-refractivity contribution in [1.29, 1.82) is 0 Å². The van der Waals surface area contributed by atoms with Crippen LogP contribution in [0, 0.1) is 5.41 Å². The van der Waals surface area contributed by atoms with Gasteiger partial charge in [-0.2, -0.15) is 0 Å². The number of carbonyl (C=O) groups excluding carboxylic acids is 2. The number of carbonyl (C=O) groups is 3. The van der Waals surface area contributed by atoms with E-state index < -0.39 is 5.97 Å². The SMILES string of the molecule is CC(C)(C)CC(=O)Nc1ccc(SCC(=O)Nc2ccc(O)c(C(=O)O)c2)cc1. The Labute approximate surface area is 173 Å². The van der Waals surface area contributed by atoms with Crippen molar-refractivity contribution in [3.63, 3.8) is 0 Å². The van der Waals surface area contributed by atoms with Crippen LogP contribution in [-0.4, -0.2) is 33.7 Å². The molecule has 0 atom stereocenters. The lowest BCUT2D eigenvalue weighted by Crippen LogP contribution is -2.19. The Morgan fingerprint density at radius 3 is 2.10 bits per heavy atom. The molecule has 0 radical (unpaired) electrons. The van der Waals surface area contributed by atoms with Crippen molar-refractivity contribution in [3.8, 4) is 5.75 Å². The van der Waals surface area contributed by atoms with Crippen LogP contribution >= 0.6 is 11.8 Å². The van der Waals surface area contributed by atoms with Crippen LogP contribution in [0.4, 0.5) is 11.4 Å². The summed E-state index contributed by atoms with van der Waals surface area (Å²) in [4.78, 5) is 35.9. The molecule has 0 aliphatic heterocycles. The van der Waals surface area contributed by atoms with E-state index in [0.29, 0.717) is 17.8 Å². The van der Waals surface area contributed by atoms with E-state index in [0.717, 1.165) is 4.90 Å². The number of rotatable bonds is 7. The molecule has 29 heavy (non-hydrogen) atoms. The first-order valence-electron chi connectivity index (χ1n) is 8.92. The number of aromatic hydroxyl groups is 1. The minimum Gasteiger partial charge on any atom is -0.507 e. The molecule has 2 aromatic rings. The molecule has 8 heteroatoms. The predicted octanol–water partition coefficient (Wildman–Crippen LogP) is 4.20. The van der Waals surface area contributed by atoms with Crippen molar-refractivity contribution >= 4 is 40.9 Å². The number of anilines is 2. The van der Waals surface area contributed by atoms with Gasteiger partial charge in [0.25, 0.3) is 0 Å². The fourth-order valence-electron chi connectivity index (χ4n) is 2.45. The normalized spacial score (nSPS) is 11.0. The number of hydrogen-bond acceptors (Lipinski definition) is 5. The van der Waals surface area contributed by atoms with Gasteiger partial charge in [0.15, 0.2) is 0 Å². The summed E-state index contributed by atoms with van der Waals surface area (Å²) in [5.74, 6) is -1.87. The Bertz CT molecular complexity index is 904. The Kier molecular flexibility index (Phi) is 7.28. The van der Waals surface area contributed by atoms with Gasteiger partial charge in [-0.15, -0.1) is 11.8 Å². The highest BCUT2D eigenvalue weighted by molar-refractivity contribution is 8.00. The monoisotopic (exact) mass is 416 g/mol. The van der Waals surface area contributed by atoms with Crippen LogP contribution in [0.3, 0.4) is 0 Å². The molecule has 0 heterocycles. The first-order chi connectivity index (χ1) is 13.5. The summed E-state index contributed by atoms with van der Waals surface area (Å²) in [7, 11) is 0. The molecule has 4 N–H and O–H groups in total. The topological polar surface area (TPSA) is 116 Å². The summed E-state index contributed by atoms with van der Waals surface area (Å²) in [5, 5.41) is 24.0. The third-order valence-electron chi connectivity index (χ3n) is 3.71. The number of carboxylic acid groups (broad SMARTS) is 1. The number of carboxylic acids is 1. The highest BCUT2D eigenvalue weighted by Crippen LogP contribution is 2.24. The van der Waals surface area contributed by atoms with E-state index in [1.165, 1.54) is 30.0 Å². The first-order valence-corrected chi connectivity index (χ1v) is 9.91. The van der Waals surface area contributed by atoms with E-state index in [1.807, 2.05) is 32.9 Å². The van der Waals surface area contributed by atoms with Gasteiger partial charge < -0.3 is 20.8 Å². The minimum atomic E-state index is -1.28. The van der Waals surface area contributed by atoms with Crippen molar-refractivity contribution in [2.24, 2.45) is 5.41 Å². The highest BCUT2D eigenvalue weighted by atomic mass is 32.2. The van der Waals surface area contributed by atoms with Gasteiger partial charge in [-0.1, -0.05) is 20.8 Å². The molecule has 0 saturated carbocycles. The Balaban J connectivity index is 1.87. The summed E-state index contributed by atoms with van der Waals surface area (Å²) >= 11 is 1.31. The highest BCUT2D eigenvalue weighted by Gasteiger charge is 2.16. The molecule has 0 aromatic heterocycles. The van der Waals surface area contributed by atoms with E-state index in [1.54, 1.807) is 12.1 Å². The molecule has 7 nitrogen and oxygen atoms in total. The van der Waals surface area contributed by atoms with Crippen LogP contribution in [0.1, 0.15) is 37.6 Å². The Morgan fingerprint density at radius 2 is 1.52 bits per heavy atom. The molecule has 0 saturated heterocycles. The number of benzene rings is 2. The van der Waals surface area contributed by atoms with Gasteiger partial charge in [-0.05, 0) is 47.9 Å². The van der Waals surface area contributed by atoms with Crippen molar-refractivity contribution < 1.29 is 24.6 Å². The van der Waals surface area contributed by atoms with E-state index in [4.69, 9.17) is 5.11 Å². The zero-order chi connectivity index (χ0) is 21.6. The maximum Gasteiger partial charge on any atom is 0.339 e. The smallest absolute Gasteiger partial charge is 0.339 e. The molecule has 2 aromatic carbocycles. The average Bonchev–Trinajstić information content (AvgIpc) is 2.61. The number of nitrogens with one attached hydrogen (secondary N) is 2. The van der Waals surface area contributed by atoms with Crippen molar-refractivity contribution in [2.75, 3.05) is 16.4 Å². The molecular weight excluding hydrogens is 392 g/mol. The van der Waals surface area contributed by atoms with Crippen molar-refractivity contribution in [1.82, 2.24) is 0 Å². The molecule has 2 rings (SSSR count). The summed E-state index contributed by atoms with van der Waals surface area (Å²) in [6.07, 6.45) is 0.421. The average molecular weight is 416 g/mol. The summed E-state index contributed by atoms with van der Waals surface area (Å²) in [6, 6.07) is 11.0. The van der Waals surface area contributed by atoms with Crippen LogP contribution in [0.25, 0.3) is 0 Å². The van der Waals surface area contributed by atoms with E-state index >= 15 is 0 Å². The van der Waals surface area contributed by atoms with Gasteiger partial charge in [0, 0.05) is 22.7 Å². The molecule has 0 aliphatic rings. The number of phenols is 1. The van der Waals surface area contributed by atoms with E-state index in [-0.39, 0.29) is 34.3 Å². The fraction of sp³-hybridized carbons (Fsp3) is 0.286. The van der Waals surface area contributed by atoms with Crippen LogP contribution in [0.2, 0.25) is 0 Å². The van der Waals surface area contributed by atoms with Gasteiger partial charge in [0.2, 0.25) is 11.8 Å². The number of aromatic carboxylic acids is 1. The Hall–Kier alpha value is -3.00. The maximum atomic E-state index is 12.1. The minimum absolute atomic E-state index is 0.0492. The quantitative estimate of drug-likeness (QED) is 0.397. The number of hydrogen-bond donors (Lipinski definition) is 4. The fourth-order valence-corrected chi connectivity index (χ4v) is 3.15. The maximum absolute atomic E-state index is 12.1. The predicted molar refractivity (Wildman–Crippen MR) is 114 cm³/mol. The van der Waals surface area contributed by atoms with Crippen molar-refractivity contribution in [2.45, 2.75) is 32.1 Å². The van der Waals surface area contributed by atoms with Crippen LogP contribution in [0.5, 0.6) is 5.75 Å². The van der Waals surface area contributed by atoms with Crippen LogP contribution < -0.4 is 10.6 Å². The Morgan fingerprint density at radius 1 is 0.931 bits per heavy atom. The molecule has 0 unspecified atom stereocenters. The van der Waals surface area contributed by atoms with Crippen LogP contribution in [-0.2, 0) is 9.59 Å². The molecule has 0 bridgehead atoms. The number of amides is 2. The standard InChI is InChI=1S/C21H24N2O5S/c1-21(2,3)11-18(25)22-13-4-7-15(8-5-13)29-12-19(26)23-14-6-9-17(24)16(10-14)20(27)28/h4-10,24H,11-12H2,1-3H3,(H,22,25)(H,23,26)(H,27,28). The zero-order valence-electron chi connectivity index (χ0n) is 16.5. The van der Waals surface area contributed by atoms with Gasteiger partial charge in [0.1, 0.15) is 11.3 Å². The molecule has 2 amide bonds. The third-order valence-corrected chi connectivity index (χ3v) is 4.72. The van der Waals surface area contributed by atoms with Crippen LogP contribution in [0.15, 0.2) is 47.4 Å². The lowest BCUT2D eigenvalue weighted by molar-refractivity contribution is -0.118. The van der Waals surface area contributed by atoms with Gasteiger partial charge in [-0.3, -0.25) is 9.59 Å². The van der Waals surface area contributed by atoms with Gasteiger partial charge in [0.05, 0.1) is 5.75 Å². The summed E-state index contributed by atoms with van der Waals surface area (Å²) < 4.78 is 0. The zero-order valence-corrected chi connectivity index (χ0v) is 17.3. The summed E-state index contributed by atoms with van der Waals surface area (Å²) in [6.45, 7) is 5.99. The van der Waals surface area contributed by atoms with Gasteiger partial charge in [-0.25, -0.2) is 4.79 Å². The lowest BCUT2D eigenvalue weighted by atomic mass is 9.92. The molecular formula is C21H24N2O5S. The molecule has 154 valence electrons. The molecule has 0 spiro atoms. The second-order valence-electron chi connectivity index (χ2n) is 7.68. The lowest BCUT2D eigenvalue weighted by Gasteiger charge is -2.17. The largest absolute Gasteiger partial charge is 0.507 e. The second-order valence-corrected chi connectivity index (χ2v) is 8.73. The van der Waals surface area contributed by atoms with Crippen molar-refractivity contribution in [3.05, 3.63) is 48.0 Å². The third kappa shape index (κ3) is 7.50. The molecule has 0 fully saturated rings. The number of thioether (sulfide) groups is 1. The second kappa shape index (κ2) is 9.47. The van der Waals surface area contributed by atoms with E-state index in [2.05, 4.69) is 10.6 Å². The first kappa shape index (κ1) is 22.3. The van der Waals surface area contributed by atoms with E-state index in [9.17, 15) is 19.5 Å². The van der Waals surface area contributed by atoms with Gasteiger partial charge >= 0.3 is 5.97 Å². The summed E-state index contributed by atoms with van der Waals surface area (Å²) in [5.41, 5.74) is 0.622.